The zero-order valence-electron chi connectivity index (χ0n) is 12.9. The minimum Gasteiger partial charge on any atom is -0.497 e. The summed E-state index contributed by atoms with van der Waals surface area (Å²) >= 11 is 0. The van der Waals surface area contributed by atoms with Crippen molar-refractivity contribution in [2.45, 2.75) is 6.54 Å². The predicted octanol–water partition coefficient (Wildman–Crippen LogP) is 2.13. The highest BCUT2D eigenvalue weighted by molar-refractivity contribution is 5.84. The van der Waals surface area contributed by atoms with Gasteiger partial charge in [0.2, 0.25) is 5.91 Å². The second kappa shape index (κ2) is 8.36. The van der Waals surface area contributed by atoms with Crippen LogP contribution in [0, 0.1) is 0 Å². The molecule has 0 heterocycles. The normalized spacial score (nSPS) is 10.6. The van der Waals surface area contributed by atoms with Crippen LogP contribution in [-0.2, 0) is 20.8 Å². The number of carbonyl (C=O) groups excluding carboxylic acids is 1. The zero-order valence-corrected chi connectivity index (χ0v) is 12.9. The molecule has 0 aliphatic carbocycles. The number of ether oxygens (including phenoxy) is 3. The maximum absolute atomic E-state index is 11.6. The van der Waals surface area contributed by atoms with Crippen LogP contribution in [0.4, 0.5) is 0 Å². The Labute approximate surface area is 130 Å². The van der Waals surface area contributed by atoms with Crippen LogP contribution >= 0.6 is 0 Å². The summed E-state index contributed by atoms with van der Waals surface area (Å²) in [6.07, 6.45) is 0. The molecule has 0 aliphatic heterocycles. The molecule has 5 heteroatoms. The molecular formula is C17H21NO4. The molecule has 0 fully saturated rings. The van der Waals surface area contributed by atoms with Crippen molar-refractivity contribution < 1.29 is 19.0 Å². The van der Waals surface area contributed by atoms with Gasteiger partial charge in [-0.3, -0.25) is 4.79 Å². The van der Waals surface area contributed by atoms with E-state index in [2.05, 4.69) is 11.4 Å². The molecule has 2 rings (SSSR count). The number of fused-ring (bicyclic) bond motifs is 1. The van der Waals surface area contributed by atoms with E-state index in [9.17, 15) is 4.79 Å². The van der Waals surface area contributed by atoms with Gasteiger partial charge >= 0.3 is 0 Å². The van der Waals surface area contributed by atoms with Gasteiger partial charge < -0.3 is 19.5 Å². The Morgan fingerprint density at radius 1 is 1.05 bits per heavy atom. The number of carbonyl (C=O) groups is 1. The lowest BCUT2D eigenvalue weighted by molar-refractivity contribution is -0.126. The van der Waals surface area contributed by atoms with E-state index in [0.29, 0.717) is 19.8 Å². The molecule has 1 amide bonds. The summed E-state index contributed by atoms with van der Waals surface area (Å²) in [6.45, 7) is 1.44. The van der Waals surface area contributed by atoms with E-state index < -0.39 is 0 Å². The Morgan fingerprint density at radius 2 is 1.82 bits per heavy atom. The summed E-state index contributed by atoms with van der Waals surface area (Å²) in [5.74, 6) is 0.702. The van der Waals surface area contributed by atoms with Crippen LogP contribution in [0.5, 0.6) is 5.75 Å². The molecule has 0 radical (unpaired) electrons. The first kappa shape index (κ1) is 16.3. The topological polar surface area (TPSA) is 56.8 Å². The van der Waals surface area contributed by atoms with Gasteiger partial charge in [-0.25, -0.2) is 0 Å². The molecule has 0 spiro atoms. The van der Waals surface area contributed by atoms with E-state index in [-0.39, 0.29) is 12.5 Å². The van der Waals surface area contributed by atoms with Crippen LogP contribution in [0.25, 0.3) is 10.8 Å². The lowest BCUT2D eigenvalue weighted by Crippen LogP contribution is -2.27. The Bertz CT molecular complexity index is 627. The maximum atomic E-state index is 11.6. The lowest BCUT2D eigenvalue weighted by Gasteiger charge is -2.08. The molecule has 1 N–H and O–H groups in total. The Hall–Kier alpha value is -2.11. The molecule has 0 bridgehead atoms. The molecule has 0 atom stereocenters. The van der Waals surface area contributed by atoms with E-state index in [4.69, 9.17) is 14.2 Å². The van der Waals surface area contributed by atoms with E-state index in [1.807, 2.05) is 30.3 Å². The van der Waals surface area contributed by atoms with Crippen LogP contribution in [0.3, 0.4) is 0 Å². The lowest BCUT2D eigenvalue weighted by atomic mass is 10.1. The molecular weight excluding hydrogens is 282 g/mol. The van der Waals surface area contributed by atoms with Crippen LogP contribution < -0.4 is 10.1 Å². The minimum absolute atomic E-state index is 0.0497. The monoisotopic (exact) mass is 303 g/mol. The molecule has 0 saturated carbocycles. The third-order valence-corrected chi connectivity index (χ3v) is 3.27. The molecule has 0 unspecified atom stereocenters. The second-order valence-corrected chi connectivity index (χ2v) is 4.87. The summed E-state index contributed by atoms with van der Waals surface area (Å²) in [7, 11) is 3.25. The highest BCUT2D eigenvalue weighted by Crippen LogP contribution is 2.21. The summed E-state index contributed by atoms with van der Waals surface area (Å²) in [5, 5.41) is 5.06. The predicted molar refractivity (Wildman–Crippen MR) is 85.0 cm³/mol. The molecule has 0 aliphatic rings. The Morgan fingerprint density at radius 3 is 2.59 bits per heavy atom. The highest BCUT2D eigenvalue weighted by atomic mass is 16.5. The van der Waals surface area contributed by atoms with Crippen molar-refractivity contribution in [3.05, 3.63) is 42.0 Å². The molecule has 2 aromatic carbocycles. The third-order valence-electron chi connectivity index (χ3n) is 3.27. The van der Waals surface area contributed by atoms with Crippen molar-refractivity contribution >= 4 is 16.7 Å². The zero-order chi connectivity index (χ0) is 15.8. The van der Waals surface area contributed by atoms with Crippen LogP contribution in [0.1, 0.15) is 5.56 Å². The van der Waals surface area contributed by atoms with Gasteiger partial charge in [0.05, 0.1) is 20.3 Å². The number of amides is 1. The average Bonchev–Trinajstić information content (AvgIpc) is 2.56. The van der Waals surface area contributed by atoms with Crippen LogP contribution in [0.15, 0.2) is 36.4 Å². The van der Waals surface area contributed by atoms with Gasteiger partial charge in [0.1, 0.15) is 12.4 Å². The molecule has 118 valence electrons. The van der Waals surface area contributed by atoms with Crippen molar-refractivity contribution in [2.24, 2.45) is 0 Å². The fourth-order valence-corrected chi connectivity index (χ4v) is 2.07. The van der Waals surface area contributed by atoms with Crippen molar-refractivity contribution in [2.75, 3.05) is 34.0 Å². The number of nitrogens with one attached hydrogen (secondary N) is 1. The Kier molecular flexibility index (Phi) is 6.18. The van der Waals surface area contributed by atoms with Gasteiger partial charge in [0.15, 0.2) is 0 Å². The van der Waals surface area contributed by atoms with Gasteiger partial charge in [0.25, 0.3) is 0 Å². The third kappa shape index (κ3) is 4.72. The standard InChI is InChI=1S/C17H21NO4/c1-20-7-8-22-12-17(19)18-11-13-3-4-15-10-16(21-2)6-5-14(15)9-13/h3-6,9-10H,7-8,11-12H2,1-2H3,(H,18,19). The Balaban J connectivity index is 1.88. The minimum atomic E-state index is -0.133. The van der Waals surface area contributed by atoms with Crippen molar-refractivity contribution in [3.63, 3.8) is 0 Å². The SMILES string of the molecule is COCCOCC(=O)NCc1ccc2cc(OC)ccc2c1. The first-order chi connectivity index (χ1) is 10.7. The van der Waals surface area contributed by atoms with E-state index in [1.165, 1.54) is 0 Å². The summed E-state index contributed by atoms with van der Waals surface area (Å²) in [6, 6.07) is 12.0. The first-order valence-electron chi connectivity index (χ1n) is 7.13. The fraction of sp³-hybridized carbons (Fsp3) is 0.353. The highest BCUT2D eigenvalue weighted by Gasteiger charge is 2.03. The van der Waals surface area contributed by atoms with Gasteiger partial charge in [-0.2, -0.15) is 0 Å². The average molecular weight is 303 g/mol. The second-order valence-electron chi connectivity index (χ2n) is 4.87. The number of benzene rings is 2. The molecule has 0 saturated heterocycles. The van der Waals surface area contributed by atoms with E-state index in [0.717, 1.165) is 22.1 Å². The van der Waals surface area contributed by atoms with Crippen molar-refractivity contribution in [1.82, 2.24) is 5.32 Å². The van der Waals surface area contributed by atoms with Gasteiger partial charge in [-0.1, -0.05) is 18.2 Å². The largest absolute Gasteiger partial charge is 0.497 e. The maximum Gasteiger partial charge on any atom is 0.246 e. The summed E-state index contributed by atoms with van der Waals surface area (Å²) in [4.78, 5) is 11.6. The molecule has 22 heavy (non-hydrogen) atoms. The van der Waals surface area contributed by atoms with Gasteiger partial charge in [-0.15, -0.1) is 0 Å². The van der Waals surface area contributed by atoms with Crippen molar-refractivity contribution in [1.29, 1.82) is 0 Å². The number of hydrogen-bond acceptors (Lipinski definition) is 4. The van der Waals surface area contributed by atoms with Crippen molar-refractivity contribution in [3.8, 4) is 5.75 Å². The van der Waals surface area contributed by atoms with Gasteiger partial charge in [0, 0.05) is 13.7 Å². The number of hydrogen-bond donors (Lipinski definition) is 1. The quantitative estimate of drug-likeness (QED) is 0.759. The van der Waals surface area contributed by atoms with Gasteiger partial charge in [-0.05, 0) is 34.5 Å². The number of methoxy groups -OCH3 is 2. The molecule has 0 aromatic heterocycles. The molecule has 5 nitrogen and oxygen atoms in total. The summed E-state index contributed by atoms with van der Waals surface area (Å²) < 4.78 is 15.2. The fourth-order valence-electron chi connectivity index (χ4n) is 2.07. The summed E-state index contributed by atoms with van der Waals surface area (Å²) in [5.41, 5.74) is 1.04. The first-order valence-corrected chi connectivity index (χ1v) is 7.13. The van der Waals surface area contributed by atoms with Crippen LogP contribution in [-0.4, -0.2) is 39.9 Å². The van der Waals surface area contributed by atoms with Crippen LogP contribution in [0.2, 0.25) is 0 Å². The molecule has 2 aromatic rings. The van der Waals surface area contributed by atoms with E-state index in [1.54, 1.807) is 14.2 Å². The smallest absolute Gasteiger partial charge is 0.246 e. The van der Waals surface area contributed by atoms with E-state index >= 15 is 0 Å². The number of rotatable bonds is 8.